The summed E-state index contributed by atoms with van der Waals surface area (Å²) >= 11 is 0. The van der Waals surface area contributed by atoms with E-state index < -0.39 is 0 Å². The minimum absolute atomic E-state index is 0.620. The third-order valence-electron chi connectivity index (χ3n) is 2.20. The number of nitrogens with zero attached hydrogens (tertiary/aromatic N) is 2. The first-order chi connectivity index (χ1) is 6.83. The molecule has 0 aliphatic heterocycles. The summed E-state index contributed by atoms with van der Waals surface area (Å²) < 4.78 is 1.97. The van der Waals surface area contributed by atoms with Gasteiger partial charge in [0.05, 0.1) is 0 Å². The number of pyridine rings is 1. The summed E-state index contributed by atoms with van der Waals surface area (Å²) in [4.78, 5) is 14.7. The quantitative estimate of drug-likeness (QED) is 0.671. The van der Waals surface area contributed by atoms with Crippen LogP contribution in [0.15, 0.2) is 36.8 Å². The van der Waals surface area contributed by atoms with E-state index in [4.69, 9.17) is 0 Å². The lowest BCUT2D eigenvalue weighted by molar-refractivity contribution is 0.112. The Bertz CT molecular complexity index is 460. The second kappa shape index (κ2) is 3.46. The van der Waals surface area contributed by atoms with Gasteiger partial charge in [0.25, 0.3) is 0 Å². The van der Waals surface area contributed by atoms with Gasteiger partial charge in [-0.05, 0) is 18.2 Å². The number of hydrogen-bond acceptors (Lipinski definition) is 2. The van der Waals surface area contributed by atoms with Crippen LogP contribution in [0.4, 0.5) is 0 Å². The highest BCUT2D eigenvalue weighted by molar-refractivity contribution is 5.86. The zero-order chi connectivity index (χ0) is 9.97. The highest BCUT2D eigenvalue weighted by atomic mass is 16.1. The van der Waals surface area contributed by atoms with Crippen LogP contribution < -0.4 is 0 Å². The van der Waals surface area contributed by atoms with Crippen molar-refractivity contribution in [3.63, 3.8) is 0 Å². The molecule has 0 amide bonds. The minimum Gasteiger partial charge on any atom is -0.351 e. The van der Waals surface area contributed by atoms with Gasteiger partial charge >= 0.3 is 0 Å². The van der Waals surface area contributed by atoms with Crippen LogP contribution in [0.2, 0.25) is 0 Å². The van der Waals surface area contributed by atoms with E-state index >= 15 is 0 Å². The lowest BCUT2D eigenvalue weighted by Crippen LogP contribution is -1.94. The SMILES string of the molecule is Cn1cccc1-c1ccncc1C=O. The van der Waals surface area contributed by atoms with Gasteiger partial charge in [0.2, 0.25) is 0 Å². The molecule has 0 saturated carbocycles. The Morgan fingerprint density at radius 2 is 2.29 bits per heavy atom. The average Bonchev–Trinajstić information content (AvgIpc) is 2.64. The summed E-state index contributed by atoms with van der Waals surface area (Å²) in [6.07, 6.45) is 6.05. The first-order valence-corrected chi connectivity index (χ1v) is 4.34. The maximum absolute atomic E-state index is 10.8. The highest BCUT2D eigenvalue weighted by Crippen LogP contribution is 2.21. The van der Waals surface area contributed by atoms with E-state index in [2.05, 4.69) is 4.98 Å². The summed E-state index contributed by atoms with van der Waals surface area (Å²) in [7, 11) is 1.95. The Labute approximate surface area is 82.0 Å². The van der Waals surface area contributed by atoms with Crippen molar-refractivity contribution in [2.75, 3.05) is 0 Å². The molecule has 0 atom stereocenters. The van der Waals surface area contributed by atoms with Crippen molar-refractivity contribution in [2.24, 2.45) is 7.05 Å². The molecule has 0 aliphatic rings. The molecule has 2 aromatic rings. The molecule has 0 aromatic carbocycles. The van der Waals surface area contributed by atoms with Gasteiger partial charge in [0, 0.05) is 42.5 Å². The molecule has 2 heterocycles. The van der Waals surface area contributed by atoms with E-state index in [9.17, 15) is 4.79 Å². The molecular weight excluding hydrogens is 176 g/mol. The predicted molar refractivity (Wildman–Crippen MR) is 54.0 cm³/mol. The normalized spacial score (nSPS) is 10.1. The number of rotatable bonds is 2. The van der Waals surface area contributed by atoms with Crippen LogP contribution in [-0.2, 0) is 7.05 Å². The molecule has 14 heavy (non-hydrogen) atoms. The van der Waals surface area contributed by atoms with E-state index in [1.54, 1.807) is 12.4 Å². The first kappa shape index (κ1) is 8.69. The molecule has 0 N–H and O–H groups in total. The predicted octanol–water partition coefficient (Wildman–Crippen LogP) is 1.90. The summed E-state index contributed by atoms with van der Waals surface area (Å²) in [5.41, 5.74) is 2.56. The molecule has 3 heteroatoms. The van der Waals surface area contributed by atoms with Crippen molar-refractivity contribution in [1.29, 1.82) is 0 Å². The van der Waals surface area contributed by atoms with Gasteiger partial charge < -0.3 is 4.57 Å². The first-order valence-electron chi connectivity index (χ1n) is 4.34. The number of carbonyl (C=O) groups excluding carboxylic acids is 1. The van der Waals surface area contributed by atoms with E-state index in [-0.39, 0.29) is 0 Å². The lowest BCUT2D eigenvalue weighted by atomic mass is 10.1. The van der Waals surface area contributed by atoms with Crippen molar-refractivity contribution >= 4 is 6.29 Å². The van der Waals surface area contributed by atoms with Crippen molar-refractivity contribution in [2.45, 2.75) is 0 Å². The van der Waals surface area contributed by atoms with Crippen molar-refractivity contribution in [3.8, 4) is 11.3 Å². The third kappa shape index (κ3) is 1.33. The van der Waals surface area contributed by atoms with Gasteiger partial charge in [-0.3, -0.25) is 9.78 Å². The van der Waals surface area contributed by atoms with Gasteiger partial charge in [-0.15, -0.1) is 0 Å². The Morgan fingerprint density at radius 3 is 2.93 bits per heavy atom. The Morgan fingerprint density at radius 1 is 1.43 bits per heavy atom. The lowest BCUT2D eigenvalue weighted by Gasteiger charge is -2.04. The Hall–Kier alpha value is -1.90. The molecule has 0 aliphatic carbocycles. The molecule has 0 saturated heterocycles. The molecular formula is C11H10N2O. The van der Waals surface area contributed by atoms with Gasteiger partial charge in [-0.25, -0.2) is 0 Å². The van der Waals surface area contributed by atoms with E-state index in [0.717, 1.165) is 17.5 Å². The van der Waals surface area contributed by atoms with Crippen LogP contribution >= 0.6 is 0 Å². The highest BCUT2D eigenvalue weighted by Gasteiger charge is 2.05. The van der Waals surface area contributed by atoms with Gasteiger partial charge in [0.15, 0.2) is 6.29 Å². The molecule has 2 aromatic heterocycles. The summed E-state index contributed by atoms with van der Waals surface area (Å²) in [6.45, 7) is 0. The smallest absolute Gasteiger partial charge is 0.152 e. The Kier molecular flexibility index (Phi) is 2.14. The van der Waals surface area contributed by atoms with E-state index in [0.29, 0.717) is 5.56 Å². The van der Waals surface area contributed by atoms with E-state index in [1.165, 1.54) is 0 Å². The van der Waals surface area contributed by atoms with Gasteiger partial charge in [-0.1, -0.05) is 0 Å². The maximum Gasteiger partial charge on any atom is 0.152 e. The zero-order valence-corrected chi connectivity index (χ0v) is 7.84. The third-order valence-corrected chi connectivity index (χ3v) is 2.20. The van der Waals surface area contributed by atoms with Crippen LogP contribution in [0, 0.1) is 0 Å². The summed E-state index contributed by atoms with van der Waals surface area (Å²) in [5.74, 6) is 0. The number of aromatic nitrogens is 2. The number of carbonyl (C=O) groups is 1. The molecule has 0 spiro atoms. The van der Waals surface area contributed by atoms with Crippen molar-refractivity contribution in [1.82, 2.24) is 9.55 Å². The van der Waals surface area contributed by atoms with Crippen LogP contribution in [0.5, 0.6) is 0 Å². The van der Waals surface area contributed by atoms with E-state index in [1.807, 2.05) is 36.0 Å². The van der Waals surface area contributed by atoms with Crippen LogP contribution in [-0.4, -0.2) is 15.8 Å². The molecule has 0 bridgehead atoms. The standard InChI is InChI=1S/C11H10N2O/c1-13-6-2-3-11(13)10-4-5-12-7-9(10)8-14/h2-8H,1H3. The van der Waals surface area contributed by atoms with Crippen molar-refractivity contribution < 1.29 is 4.79 Å². The molecule has 0 fully saturated rings. The number of hydrogen-bond donors (Lipinski definition) is 0. The zero-order valence-electron chi connectivity index (χ0n) is 7.84. The van der Waals surface area contributed by atoms with Crippen LogP contribution in [0.25, 0.3) is 11.3 Å². The maximum atomic E-state index is 10.8. The number of aryl methyl sites for hydroxylation is 1. The topological polar surface area (TPSA) is 34.9 Å². The minimum atomic E-state index is 0.620. The molecule has 0 radical (unpaired) electrons. The monoisotopic (exact) mass is 186 g/mol. The van der Waals surface area contributed by atoms with Crippen LogP contribution in [0.1, 0.15) is 10.4 Å². The molecule has 2 rings (SSSR count). The second-order valence-corrected chi connectivity index (χ2v) is 3.09. The largest absolute Gasteiger partial charge is 0.351 e. The molecule has 70 valence electrons. The summed E-state index contributed by atoms with van der Waals surface area (Å²) in [6, 6.07) is 5.77. The fraction of sp³-hybridized carbons (Fsp3) is 0.0909. The molecule has 3 nitrogen and oxygen atoms in total. The fourth-order valence-electron chi connectivity index (χ4n) is 1.47. The number of aldehydes is 1. The molecule has 0 unspecified atom stereocenters. The summed E-state index contributed by atoms with van der Waals surface area (Å²) in [5, 5.41) is 0. The fourth-order valence-corrected chi connectivity index (χ4v) is 1.47. The van der Waals surface area contributed by atoms with Crippen LogP contribution in [0.3, 0.4) is 0 Å². The second-order valence-electron chi connectivity index (χ2n) is 3.09. The van der Waals surface area contributed by atoms with Crippen molar-refractivity contribution in [3.05, 3.63) is 42.4 Å². The van der Waals surface area contributed by atoms with Gasteiger partial charge in [0.1, 0.15) is 0 Å². The average molecular weight is 186 g/mol. The van der Waals surface area contributed by atoms with Gasteiger partial charge in [-0.2, -0.15) is 0 Å². The Balaban J connectivity index is 2.62.